The molecule has 5 nitrogen and oxygen atoms in total. The van der Waals surface area contributed by atoms with E-state index < -0.39 is 5.97 Å². The number of carboxylic acids is 1. The lowest BCUT2D eigenvalue weighted by Gasteiger charge is -1.86. The Labute approximate surface area is 39.8 Å². The molecule has 0 aromatic heterocycles. The van der Waals surface area contributed by atoms with Crippen molar-refractivity contribution in [1.82, 2.24) is 5.43 Å². The average molecular weight is 103 g/mol. The van der Waals surface area contributed by atoms with Gasteiger partial charge in [0.05, 0.1) is 0 Å². The van der Waals surface area contributed by atoms with Crippen LogP contribution >= 0.6 is 0 Å². The fourth-order valence-electron chi connectivity index (χ4n) is 0.107. The van der Waals surface area contributed by atoms with E-state index >= 15 is 0 Å². The minimum atomic E-state index is -1.02. The number of hydrogen-bond acceptors (Lipinski definition) is 3. The summed E-state index contributed by atoms with van der Waals surface area (Å²) in [6.45, 7) is -0.288. The number of nitrogens with zero attached hydrogens (tertiary/aromatic N) is 1. The molecule has 0 amide bonds. The molecular weight excluding hydrogens is 98.0 g/mol. The maximum Gasteiger partial charge on any atom is 0.324 e. The van der Waals surface area contributed by atoms with Gasteiger partial charge in [0, 0.05) is 0 Å². The Bertz CT molecular complexity index is 81.0. The van der Waals surface area contributed by atoms with Crippen molar-refractivity contribution < 1.29 is 9.90 Å². The highest BCUT2D eigenvalue weighted by molar-refractivity contribution is 5.68. The van der Waals surface area contributed by atoms with Gasteiger partial charge in [0.2, 0.25) is 0 Å². The van der Waals surface area contributed by atoms with Crippen molar-refractivity contribution in [1.29, 1.82) is 5.53 Å². The Morgan fingerprint density at radius 1 is 2.00 bits per heavy atom. The maximum atomic E-state index is 9.55. The summed E-state index contributed by atoms with van der Waals surface area (Å²) in [6.07, 6.45) is 0. The molecule has 0 atom stereocenters. The summed E-state index contributed by atoms with van der Waals surface area (Å²) >= 11 is 0. The molecule has 0 rings (SSSR count). The molecule has 0 spiro atoms. The van der Waals surface area contributed by atoms with Crippen LogP contribution in [0.1, 0.15) is 0 Å². The molecule has 7 heavy (non-hydrogen) atoms. The fourth-order valence-corrected chi connectivity index (χ4v) is 0.107. The van der Waals surface area contributed by atoms with Crippen molar-refractivity contribution in [3.63, 3.8) is 0 Å². The van der Waals surface area contributed by atoms with Gasteiger partial charge >= 0.3 is 5.97 Å². The van der Waals surface area contributed by atoms with E-state index in [9.17, 15) is 4.79 Å². The van der Waals surface area contributed by atoms with Crippen molar-refractivity contribution in [3.05, 3.63) is 0 Å². The number of carbonyl (C=O) groups is 1. The second kappa shape index (κ2) is 3.08. The number of nitrogens with one attached hydrogen (secondary N) is 2. The number of rotatable bonds is 3. The highest BCUT2D eigenvalue weighted by atomic mass is 16.4. The van der Waals surface area contributed by atoms with Gasteiger partial charge in [-0.1, -0.05) is 5.22 Å². The molecule has 3 N–H and O–H groups in total. The van der Waals surface area contributed by atoms with Crippen molar-refractivity contribution >= 4 is 5.97 Å². The maximum absolute atomic E-state index is 9.55. The molecule has 0 unspecified atom stereocenters. The Kier molecular flexibility index (Phi) is 2.58. The van der Waals surface area contributed by atoms with Gasteiger partial charge < -0.3 is 5.11 Å². The molecule has 0 fully saturated rings. The smallest absolute Gasteiger partial charge is 0.324 e. The summed E-state index contributed by atoms with van der Waals surface area (Å²) in [6, 6.07) is 0. The summed E-state index contributed by atoms with van der Waals surface area (Å²) < 4.78 is 0. The van der Waals surface area contributed by atoms with Crippen LogP contribution in [0, 0.1) is 5.53 Å². The van der Waals surface area contributed by atoms with Gasteiger partial charge in [-0.3, -0.25) is 10.2 Å². The molecule has 0 aliphatic carbocycles. The van der Waals surface area contributed by atoms with Crippen molar-refractivity contribution in [3.8, 4) is 0 Å². The summed E-state index contributed by atoms with van der Waals surface area (Å²) in [5.74, 6) is -1.02. The van der Waals surface area contributed by atoms with Gasteiger partial charge in [-0.05, 0) is 0 Å². The van der Waals surface area contributed by atoms with Crippen LogP contribution in [0.5, 0.6) is 0 Å². The monoisotopic (exact) mass is 103 g/mol. The average Bonchev–Trinajstić information content (AvgIpc) is 1.61. The van der Waals surface area contributed by atoms with Crippen LogP contribution in [-0.4, -0.2) is 17.6 Å². The van der Waals surface area contributed by atoms with Gasteiger partial charge in [-0.25, -0.2) is 0 Å². The zero-order valence-electron chi connectivity index (χ0n) is 3.51. The first-order chi connectivity index (χ1) is 3.27. The molecule has 0 saturated heterocycles. The van der Waals surface area contributed by atoms with Gasteiger partial charge in [-0.2, -0.15) is 5.53 Å². The minimum absolute atomic E-state index is 0.288. The van der Waals surface area contributed by atoms with Gasteiger partial charge in [0.25, 0.3) is 0 Å². The summed E-state index contributed by atoms with van der Waals surface area (Å²) in [7, 11) is 0. The Balaban J connectivity index is 2.97. The third-order valence-electron chi connectivity index (χ3n) is 0.309. The third-order valence-corrected chi connectivity index (χ3v) is 0.309. The summed E-state index contributed by atoms with van der Waals surface area (Å²) in [4.78, 5) is 9.55. The van der Waals surface area contributed by atoms with Crippen LogP contribution in [0.25, 0.3) is 0 Å². The number of aliphatic carboxylic acids is 1. The van der Waals surface area contributed by atoms with Crippen molar-refractivity contribution in [2.45, 2.75) is 0 Å². The number of hydrogen-bond donors (Lipinski definition) is 3. The lowest BCUT2D eigenvalue weighted by Crippen LogP contribution is -2.15. The second-order valence-corrected chi connectivity index (χ2v) is 0.840. The van der Waals surface area contributed by atoms with E-state index in [-0.39, 0.29) is 6.54 Å². The van der Waals surface area contributed by atoms with Crippen LogP contribution in [0.4, 0.5) is 0 Å². The highest BCUT2D eigenvalue weighted by Crippen LogP contribution is 1.56. The van der Waals surface area contributed by atoms with E-state index in [2.05, 4.69) is 5.22 Å². The summed E-state index contributed by atoms with van der Waals surface area (Å²) in [5.41, 5.74) is 7.99. The Morgan fingerprint density at radius 3 is 2.71 bits per heavy atom. The minimum Gasteiger partial charge on any atom is -0.480 e. The Morgan fingerprint density at radius 2 is 2.57 bits per heavy atom. The highest BCUT2D eigenvalue weighted by Gasteiger charge is 1.88. The van der Waals surface area contributed by atoms with Crippen LogP contribution in [0.15, 0.2) is 5.22 Å². The topological polar surface area (TPSA) is 85.5 Å². The standard InChI is InChI=1S/C2H5N3O2/c3-5-4-1-2(6)7/h1H2,(H2,3,4)(H,6,7). The molecule has 0 aromatic rings. The van der Waals surface area contributed by atoms with Crippen LogP contribution in [0.2, 0.25) is 0 Å². The predicted molar refractivity (Wildman–Crippen MR) is 20.8 cm³/mol. The van der Waals surface area contributed by atoms with Crippen LogP contribution in [0.3, 0.4) is 0 Å². The first-order valence-corrected chi connectivity index (χ1v) is 1.58. The first-order valence-electron chi connectivity index (χ1n) is 1.58. The molecule has 0 saturated carbocycles. The molecule has 0 aliphatic heterocycles. The number of carboxylic acid groups (broad SMARTS) is 1. The molecular formula is C2H5N3O2. The van der Waals surface area contributed by atoms with Gasteiger partial charge in [0.1, 0.15) is 6.54 Å². The fraction of sp³-hybridized carbons (Fsp3) is 0.500. The van der Waals surface area contributed by atoms with Gasteiger partial charge in [-0.15, -0.1) is 0 Å². The second-order valence-electron chi connectivity index (χ2n) is 0.840. The normalized spacial score (nSPS) is 7.43. The van der Waals surface area contributed by atoms with Crippen LogP contribution < -0.4 is 5.43 Å². The lowest BCUT2D eigenvalue weighted by molar-refractivity contribution is -0.136. The zero-order valence-corrected chi connectivity index (χ0v) is 3.51. The van der Waals surface area contributed by atoms with Crippen molar-refractivity contribution in [2.75, 3.05) is 6.54 Å². The quantitative estimate of drug-likeness (QED) is 0.335. The zero-order chi connectivity index (χ0) is 5.70. The Hall–Kier alpha value is -1.13. The largest absolute Gasteiger partial charge is 0.480 e. The third kappa shape index (κ3) is 4.87. The van der Waals surface area contributed by atoms with E-state index in [1.165, 1.54) is 0 Å². The van der Waals surface area contributed by atoms with Crippen LogP contribution in [-0.2, 0) is 4.79 Å². The molecule has 5 heteroatoms. The van der Waals surface area contributed by atoms with E-state index in [0.29, 0.717) is 0 Å². The van der Waals surface area contributed by atoms with E-state index in [1.807, 2.05) is 5.43 Å². The molecule has 0 radical (unpaired) electrons. The molecule has 0 aliphatic rings. The summed E-state index contributed by atoms with van der Waals surface area (Å²) in [5, 5.41) is 10.4. The molecule has 0 bridgehead atoms. The lowest BCUT2D eigenvalue weighted by atomic mass is 10.7. The van der Waals surface area contributed by atoms with E-state index in [4.69, 9.17) is 10.6 Å². The molecule has 40 valence electrons. The predicted octanol–water partition coefficient (Wildman–Crippen LogP) is -0.393. The molecule has 0 aromatic carbocycles. The van der Waals surface area contributed by atoms with E-state index in [1.54, 1.807) is 0 Å². The van der Waals surface area contributed by atoms with Gasteiger partial charge in [0.15, 0.2) is 0 Å². The van der Waals surface area contributed by atoms with Crippen molar-refractivity contribution in [2.24, 2.45) is 5.22 Å². The SMILES string of the molecule is N=NNCC(=O)O. The first kappa shape index (κ1) is 5.87. The molecule has 0 heterocycles. The van der Waals surface area contributed by atoms with E-state index in [0.717, 1.165) is 0 Å².